The molecule has 2 aliphatic heterocycles. The first-order chi connectivity index (χ1) is 14.1. The summed E-state index contributed by atoms with van der Waals surface area (Å²) in [6, 6.07) is 14.1. The summed E-state index contributed by atoms with van der Waals surface area (Å²) < 4.78 is 11.6. The Balaban J connectivity index is 1.34. The zero-order chi connectivity index (χ0) is 20.4. The third kappa shape index (κ3) is 3.68. The Kier molecular flexibility index (Phi) is 5.20. The zero-order valence-electron chi connectivity index (χ0n) is 16.2. The molecule has 1 atom stereocenters. The maximum absolute atomic E-state index is 12.7. The van der Waals surface area contributed by atoms with Gasteiger partial charge in [-0.15, -0.1) is 0 Å². The van der Waals surface area contributed by atoms with Crippen molar-refractivity contribution in [2.24, 2.45) is 0 Å². The van der Waals surface area contributed by atoms with E-state index >= 15 is 0 Å². The smallest absolute Gasteiger partial charge is 0.261 e. The van der Waals surface area contributed by atoms with Crippen LogP contribution in [0, 0.1) is 0 Å². The van der Waals surface area contributed by atoms with Gasteiger partial charge in [0.1, 0.15) is 6.61 Å². The topological polar surface area (TPSA) is 76.2 Å². The summed E-state index contributed by atoms with van der Waals surface area (Å²) in [4.78, 5) is 40.4. The average molecular weight is 394 g/mol. The normalized spacial score (nSPS) is 17.3. The number of amides is 3. The molecule has 2 heterocycles. The van der Waals surface area contributed by atoms with E-state index in [0.29, 0.717) is 42.3 Å². The van der Waals surface area contributed by atoms with Gasteiger partial charge in [0.25, 0.3) is 11.8 Å². The number of ether oxygens (including phenoxy) is 2. The third-order valence-electron chi connectivity index (χ3n) is 5.15. The molecule has 0 unspecified atom stereocenters. The van der Waals surface area contributed by atoms with E-state index in [1.807, 2.05) is 31.2 Å². The predicted octanol–water partition coefficient (Wildman–Crippen LogP) is 2.36. The minimum Gasteiger partial charge on any atom is -0.486 e. The Morgan fingerprint density at radius 1 is 1.03 bits per heavy atom. The van der Waals surface area contributed by atoms with Crippen molar-refractivity contribution in [3.8, 4) is 11.5 Å². The number of benzene rings is 2. The molecule has 0 spiro atoms. The van der Waals surface area contributed by atoms with Gasteiger partial charge in [0, 0.05) is 19.5 Å². The van der Waals surface area contributed by atoms with Crippen LogP contribution in [0.1, 0.15) is 34.1 Å². The number of fused-ring (bicyclic) bond motifs is 2. The van der Waals surface area contributed by atoms with Crippen molar-refractivity contribution in [1.29, 1.82) is 0 Å². The van der Waals surface area contributed by atoms with Crippen LogP contribution in [0.3, 0.4) is 0 Å². The van der Waals surface area contributed by atoms with Gasteiger partial charge in [0.15, 0.2) is 17.6 Å². The number of hydrogen-bond donors (Lipinski definition) is 0. The van der Waals surface area contributed by atoms with E-state index in [4.69, 9.17) is 9.47 Å². The van der Waals surface area contributed by atoms with Gasteiger partial charge in [0.2, 0.25) is 5.91 Å². The van der Waals surface area contributed by atoms with E-state index in [-0.39, 0.29) is 36.8 Å². The Labute approximate surface area is 168 Å². The Hall–Kier alpha value is -3.35. The predicted molar refractivity (Wildman–Crippen MR) is 105 cm³/mol. The molecule has 7 nitrogen and oxygen atoms in total. The SMILES string of the molecule is CCN(C[C@H]1COc2ccccc2O1)C(=O)CCN1C(=O)c2ccccc2C1=O. The highest BCUT2D eigenvalue weighted by Crippen LogP contribution is 2.31. The number of likely N-dealkylation sites (N-methyl/N-ethyl adjacent to an activating group) is 1. The fraction of sp³-hybridized carbons (Fsp3) is 0.318. The van der Waals surface area contributed by atoms with Gasteiger partial charge in [-0.2, -0.15) is 0 Å². The maximum Gasteiger partial charge on any atom is 0.261 e. The van der Waals surface area contributed by atoms with Crippen molar-refractivity contribution in [3.63, 3.8) is 0 Å². The molecule has 29 heavy (non-hydrogen) atoms. The largest absolute Gasteiger partial charge is 0.486 e. The first-order valence-corrected chi connectivity index (χ1v) is 9.70. The van der Waals surface area contributed by atoms with Gasteiger partial charge in [0.05, 0.1) is 17.7 Å². The fourth-order valence-corrected chi connectivity index (χ4v) is 3.61. The Morgan fingerprint density at radius 2 is 1.66 bits per heavy atom. The second-order valence-corrected chi connectivity index (χ2v) is 6.99. The average Bonchev–Trinajstić information content (AvgIpc) is 3.00. The highest BCUT2D eigenvalue weighted by atomic mass is 16.6. The summed E-state index contributed by atoms with van der Waals surface area (Å²) in [5.41, 5.74) is 0.785. The number of imide groups is 1. The minimum atomic E-state index is -0.345. The van der Waals surface area contributed by atoms with E-state index in [9.17, 15) is 14.4 Å². The van der Waals surface area contributed by atoms with E-state index in [2.05, 4.69) is 0 Å². The molecule has 0 aromatic heterocycles. The van der Waals surface area contributed by atoms with Crippen LogP contribution in [-0.2, 0) is 4.79 Å². The standard InChI is InChI=1S/C22H22N2O5/c1-2-23(13-15-14-28-18-9-5-6-10-19(18)29-15)20(25)11-12-24-21(26)16-7-3-4-8-17(16)22(24)27/h3-10,15H,2,11-14H2,1H3/t15-/m0/s1. The molecule has 0 saturated heterocycles. The molecule has 150 valence electrons. The molecule has 0 saturated carbocycles. The number of para-hydroxylation sites is 2. The van der Waals surface area contributed by atoms with Crippen LogP contribution in [0.4, 0.5) is 0 Å². The summed E-state index contributed by atoms with van der Waals surface area (Å²) in [5.74, 6) is 0.540. The monoisotopic (exact) mass is 394 g/mol. The van der Waals surface area contributed by atoms with Crippen LogP contribution in [0.5, 0.6) is 11.5 Å². The number of rotatable bonds is 6. The lowest BCUT2D eigenvalue weighted by Crippen LogP contribution is -2.44. The van der Waals surface area contributed by atoms with Crippen LogP contribution in [0.25, 0.3) is 0 Å². The van der Waals surface area contributed by atoms with Crippen LogP contribution < -0.4 is 9.47 Å². The van der Waals surface area contributed by atoms with Crippen molar-refractivity contribution in [2.75, 3.05) is 26.2 Å². The molecule has 4 rings (SSSR count). The molecule has 0 bridgehead atoms. The minimum absolute atomic E-state index is 0.0620. The van der Waals surface area contributed by atoms with Crippen molar-refractivity contribution in [2.45, 2.75) is 19.4 Å². The van der Waals surface area contributed by atoms with Gasteiger partial charge >= 0.3 is 0 Å². The van der Waals surface area contributed by atoms with Crippen molar-refractivity contribution in [1.82, 2.24) is 9.80 Å². The van der Waals surface area contributed by atoms with Gasteiger partial charge in [-0.1, -0.05) is 24.3 Å². The summed E-state index contributed by atoms with van der Waals surface area (Å²) in [7, 11) is 0. The summed E-state index contributed by atoms with van der Waals surface area (Å²) in [6.07, 6.45) is -0.197. The second-order valence-electron chi connectivity index (χ2n) is 6.99. The fourth-order valence-electron chi connectivity index (χ4n) is 3.61. The molecule has 0 fully saturated rings. The van der Waals surface area contributed by atoms with Crippen LogP contribution >= 0.6 is 0 Å². The summed E-state index contributed by atoms with van der Waals surface area (Å²) in [6.45, 7) is 3.19. The van der Waals surface area contributed by atoms with E-state index in [0.717, 1.165) is 4.90 Å². The van der Waals surface area contributed by atoms with Crippen LogP contribution in [-0.4, -0.2) is 59.9 Å². The first kappa shape index (κ1) is 19.0. The van der Waals surface area contributed by atoms with E-state index < -0.39 is 0 Å². The quantitative estimate of drug-likeness (QED) is 0.703. The summed E-state index contributed by atoms with van der Waals surface area (Å²) >= 11 is 0. The maximum atomic E-state index is 12.7. The molecule has 2 aromatic carbocycles. The number of hydrogen-bond acceptors (Lipinski definition) is 5. The van der Waals surface area contributed by atoms with Crippen molar-refractivity contribution in [3.05, 3.63) is 59.7 Å². The molecule has 2 aromatic rings. The number of carbonyl (C=O) groups is 3. The molecule has 0 N–H and O–H groups in total. The van der Waals surface area contributed by atoms with Gasteiger partial charge in [-0.05, 0) is 31.2 Å². The van der Waals surface area contributed by atoms with Crippen molar-refractivity contribution < 1.29 is 23.9 Å². The van der Waals surface area contributed by atoms with Gasteiger partial charge in [-0.3, -0.25) is 19.3 Å². The number of nitrogens with zero attached hydrogens (tertiary/aromatic N) is 2. The highest BCUT2D eigenvalue weighted by Gasteiger charge is 2.35. The molecule has 0 aliphatic carbocycles. The molecular weight excluding hydrogens is 372 g/mol. The lowest BCUT2D eigenvalue weighted by Gasteiger charge is -2.31. The first-order valence-electron chi connectivity index (χ1n) is 9.70. The van der Waals surface area contributed by atoms with E-state index in [1.165, 1.54) is 0 Å². The lowest BCUT2D eigenvalue weighted by atomic mass is 10.1. The second kappa shape index (κ2) is 7.95. The van der Waals surface area contributed by atoms with Gasteiger partial charge in [-0.25, -0.2) is 0 Å². The Morgan fingerprint density at radius 3 is 2.31 bits per heavy atom. The summed E-state index contributed by atoms with van der Waals surface area (Å²) in [5, 5.41) is 0. The molecule has 0 radical (unpaired) electrons. The Bertz CT molecular complexity index is 923. The molecule has 3 amide bonds. The number of carbonyl (C=O) groups excluding carboxylic acids is 3. The third-order valence-corrected chi connectivity index (χ3v) is 5.15. The van der Waals surface area contributed by atoms with Crippen molar-refractivity contribution >= 4 is 17.7 Å². The highest BCUT2D eigenvalue weighted by molar-refractivity contribution is 6.21. The van der Waals surface area contributed by atoms with E-state index in [1.54, 1.807) is 29.2 Å². The molecule has 2 aliphatic rings. The lowest BCUT2D eigenvalue weighted by molar-refractivity contribution is -0.132. The van der Waals surface area contributed by atoms with Gasteiger partial charge < -0.3 is 14.4 Å². The molecule has 7 heteroatoms. The zero-order valence-corrected chi connectivity index (χ0v) is 16.2. The van der Waals surface area contributed by atoms with Crippen LogP contribution in [0.2, 0.25) is 0 Å². The van der Waals surface area contributed by atoms with Crippen LogP contribution in [0.15, 0.2) is 48.5 Å². The molecular formula is C22H22N2O5.